The van der Waals surface area contributed by atoms with Gasteiger partial charge in [-0.1, -0.05) is 12.1 Å². The van der Waals surface area contributed by atoms with E-state index in [0.29, 0.717) is 17.9 Å². The summed E-state index contributed by atoms with van der Waals surface area (Å²) in [6.07, 6.45) is 0.673. The Balaban J connectivity index is 2.41. The molecule has 0 spiro atoms. The Kier molecular flexibility index (Phi) is 3.53. The zero-order valence-electron chi connectivity index (χ0n) is 11.1. The van der Waals surface area contributed by atoms with Gasteiger partial charge in [-0.25, -0.2) is 4.39 Å². The minimum Gasteiger partial charge on any atom is -0.399 e. The molecule has 1 aromatic heterocycles. The number of hydrogen-bond acceptors (Lipinski definition) is 5. The van der Waals surface area contributed by atoms with Gasteiger partial charge in [-0.15, -0.1) is 0 Å². The Hall–Kier alpha value is -1.95. The van der Waals surface area contributed by atoms with Crippen molar-refractivity contribution in [3.63, 3.8) is 0 Å². The Bertz CT molecular complexity index is 579. The van der Waals surface area contributed by atoms with Crippen LogP contribution in [0.3, 0.4) is 0 Å². The third-order valence-electron chi connectivity index (χ3n) is 3.25. The van der Waals surface area contributed by atoms with Gasteiger partial charge >= 0.3 is 0 Å². The number of hydrogen-bond donors (Lipinski definition) is 1. The van der Waals surface area contributed by atoms with Crippen LogP contribution >= 0.6 is 0 Å². The molecule has 19 heavy (non-hydrogen) atoms. The number of ether oxygens (including phenoxy) is 1. The first-order valence-corrected chi connectivity index (χ1v) is 5.95. The van der Waals surface area contributed by atoms with Gasteiger partial charge in [-0.3, -0.25) is 0 Å². The first kappa shape index (κ1) is 13.5. The predicted molar refractivity (Wildman–Crippen MR) is 68.8 cm³/mol. The summed E-state index contributed by atoms with van der Waals surface area (Å²) < 4.78 is 24.2. The lowest BCUT2D eigenvalue weighted by Gasteiger charge is -2.21. The first-order valence-electron chi connectivity index (χ1n) is 5.95. The first-order chi connectivity index (χ1) is 9.00. The van der Waals surface area contributed by atoms with Crippen molar-refractivity contribution < 1.29 is 13.7 Å². The summed E-state index contributed by atoms with van der Waals surface area (Å²) >= 11 is 0. The Morgan fingerprint density at radius 1 is 1.47 bits per heavy atom. The van der Waals surface area contributed by atoms with E-state index in [9.17, 15) is 4.39 Å². The van der Waals surface area contributed by atoms with Crippen LogP contribution in [0, 0.1) is 5.82 Å². The number of halogens is 1. The van der Waals surface area contributed by atoms with E-state index in [0.717, 1.165) is 0 Å². The monoisotopic (exact) mass is 265 g/mol. The van der Waals surface area contributed by atoms with Gasteiger partial charge in [0.2, 0.25) is 5.82 Å². The SMILES string of the molecule is CCC(C)(OC)c1noc(-c2ccc(N)cc2F)n1. The molecule has 1 unspecified atom stereocenters. The number of anilines is 1. The van der Waals surface area contributed by atoms with Crippen molar-refractivity contribution in [3.8, 4) is 11.5 Å². The fourth-order valence-electron chi connectivity index (χ4n) is 1.65. The number of benzene rings is 1. The van der Waals surface area contributed by atoms with Crippen LogP contribution in [0.4, 0.5) is 10.1 Å². The molecule has 1 aromatic carbocycles. The van der Waals surface area contributed by atoms with E-state index >= 15 is 0 Å². The van der Waals surface area contributed by atoms with E-state index in [1.165, 1.54) is 12.1 Å². The molecule has 0 amide bonds. The molecule has 2 aromatic rings. The average Bonchev–Trinajstić information content (AvgIpc) is 2.88. The normalized spacial score (nSPS) is 14.3. The van der Waals surface area contributed by atoms with Crippen LogP contribution in [0.5, 0.6) is 0 Å². The zero-order chi connectivity index (χ0) is 14.0. The molecule has 2 N–H and O–H groups in total. The molecule has 0 aliphatic heterocycles. The minimum atomic E-state index is -0.647. The summed E-state index contributed by atoms with van der Waals surface area (Å²) in [6.45, 7) is 3.80. The van der Waals surface area contributed by atoms with E-state index in [2.05, 4.69) is 10.1 Å². The highest BCUT2D eigenvalue weighted by Crippen LogP contribution is 2.29. The molecule has 0 aliphatic rings. The summed E-state index contributed by atoms with van der Waals surface area (Å²) in [5.41, 5.74) is 5.42. The van der Waals surface area contributed by atoms with Crippen molar-refractivity contribution in [2.45, 2.75) is 25.9 Å². The second-order valence-corrected chi connectivity index (χ2v) is 4.45. The molecule has 0 radical (unpaired) electrons. The summed E-state index contributed by atoms with van der Waals surface area (Å²) in [5.74, 6) is 0.0127. The lowest BCUT2D eigenvalue weighted by Crippen LogP contribution is -2.24. The molecule has 0 saturated carbocycles. The van der Waals surface area contributed by atoms with E-state index in [-0.39, 0.29) is 11.5 Å². The molecule has 1 heterocycles. The summed E-state index contributed by atoms with van der Waals surface area (Å²) in [5, 5.41) is 3.86. The van der Waals surface area contributed by atoms with Crippen molar-refractivity contribution >= 4 is 5.69 Å². The fourth-order valence-corrected chi connectivity index (χ4v) is 1.65. The highest BCUT2D eigenvalue weighted by molar-refractivity contribution is 5.58. The second kappa shape index (κ2) is 4.97. The standard InChI is InChI=1S/C13H16FN3O2/c1-4-13(2,18-3)12-16-11(19-17-12)9-6-5-8(15)7-10(9)14/h5-7H,4,15H2,1-3H3. The summed E-state index contributed by atoms with van der Waals surface area (Å²) in [4.78, 5) is 4.20. The Morgan fingerprint density at radius 2 is 2.21 bits per heavy atom. The van der Waals surface area contributed by atoms with Gasteiger partial charge in [-0.2, -0.15) is 4.98 Å². The van der Waals surface area contributed by atoms with Crippen LogP contribution in [0.25, 0.3) is 11.5 Å². The smallest absolute Gasteiger partial charge is 0.261 e. The number of nitrogens with zero attached hydrogens (tertiary/aromatic N) is 2. The van der Waals surface area contributed by atoms with Crippen LogP contribution in [0.2, 0.25) is 0 Å². The quantitative estimate of drug-likeness (QED) is 0.860. The largest absolute Gasteiger partial charge is 0.399 e. The molecule has 1 atom stereocenters. The van der Waals surface area contributed by atoms with Crippen LogP contribution in [0.1, 0.15) is 26.1 Å². The molecule has 0 fully saturated rings. The van der Waals surface area contributed by atoms with E-state index in [1.54, 1.807) is 13.2 Å². The predicted octanol–water partition coefficient (Wildman–Crippen LogP) is 2.73. The summed E-state index contributed by atoms with van der Waals surface area (Å²) in [6, 6.07) is 4.31. The minimum absolute atomic E-state index is 0.115. The topological polar surface area (TPSA) is 74.2 Å². The van der Waals surface area contributed by atoms with Gasteiger partial charge in [0.15, 0.2) is 0 Å². The lowest BCUT2D eigenvalue weighted by molar-refractivity contribution is -0.0106. The van der Waals surface area contributed by atoms with E-state index < -0.39 is 11.4 Å². The molecule has 102 valence electrons. The van der Waals surface area contributed by atoms with Crippen molar-refractivity contribution in [1.82, 2.24) is 10.1 Å². The van der Waals surface area contributed by atoms with Crippen molar-refractivity contribution in [2.24, 2.45) is 0 Å². The molecule has 0 bridgehead atoms. The van der Waals surface area contributed by atoms with Crippen molar-refractivity contribution in [3.05, 3.63) is 29.8 Å². The van der Waals surface area contributed by atoms with Gasteiger partial charge in [-0.05, 0) is 31.5 Å². The van der Waals surface area contributed by atoms with Gasteiger partial charge in [0.25, 0.3) is 5.89 Å². The summed E-state index contributed by atoms with van der Waals surface area (Å²) in [7, 11) is 1.57. The third-order valence-corrected chi connectivity index (χ3v) is 3.25. The fraction of sp³-hybridized carbons (Fsp3) is 0.385. The zero-order valence-corrected chi connectivity index (χ0v) is 11.1. The molecule has 2 rings (SSSR count). The number of rotatable bonds is 4. The second-order valence-electron chi connectivity index (χ2n) is 4.45. The molecule has 5 nitrogen and oxygen atoms in total. The van der Waals surface area contributed by atoms with Crippen LogP contribution in [0.15, 0.2) is 22.7 Å². The van der Waals surface area contributed by atoms with Gasteiger partial charge in [0.1, 0.15) is 11.4 Å². The highest BCUT2D eigenvalue weighted by Gasteiger charge is 2.30. The Morgan fingerprint density at radius 3 is 2.79 bits per heavy atom. The molecular weight excluding hydrogens is 249 g/mol. The van der Waals surface area contributed by atoms with Gasteiger partial charge < -0.3 is 15.0 Å². The number of nitrogens with two attached hydrogens (primary N) is 1. The van der Waals surface area contributed by atoms with Crippen molar-refractivity contribution in [2.75, 3.05) is 12.8 Å². The van der Waals surface area contributed by atoms with E-state index in [4.69, 9.17) is 15.0 Å². The number of nitrogen functional groups attached to an aromatic ring is 1. The average molecular weight is 265 g/mol. The van der Waals surface area contributed by atoms with Gasteiger partial charge in [0, 0.05) is 12.8 Å². The van der Waals surface area contributed by atoms with Gasteiger partial charge in [0.05, 0.1) is 5.56 Å². The van der Waals surface area contributed by atoms with Crippen LogP contribution in [-0.4, -0.2) is 17.3 Å². The van der Waals surface area contributed by atoms with Crippen LogP contribution < -0.4 is 5.73 Å². The maximum Gasteiger partial charge on any atom is 0.261 e. The number of methoxy groups -OCH3 is 1. The third kappa shape index (κ3) is 2.44. The molecule has 0 aliphatic carbocycles. The van der Waals surface area contributed by atoms with Crippen molar-refractivity contribution in [1.29, 1.82) is 0 Å². The molecule has 6 heteroatoms. The van der Waals surface area contributed by atoms with Crippen LogP contribution in [-0.2, 0) is 10.3 Å². The molecule has 0 saturated heterocycles. The van der Waals surface area contributed by atoms with E-state index in [1.807, 2.05) is 13.8 Å². The maximum atomic E-state index is 13.8. The highest BCUT2D eigenvalue weighted by atomic mass is 19.1. The molecular formula is C13H16FN3O2. The maximum absolute atomic E-state index is 13.8. The Labute approximate surface area is 110 Å². The lowest BCUT2D eigenvalue weighted by atomic mass is 10.0. The number of aromatic nitrogens is 2.